The van der Waals surface area contributed by atoms with Gasteiger partial charge in [-0.15, -0.1) is 26.3 Å². The summed E-state index contributed by atoms with van der Waals surface area (Å²) in [5.74, 6) is -1.62. The van der Waals surface area contributed by atoms with Crippen molar-refractivity contribution in [2.24, 2.45) is 0 Å². The second-order valence-electron chi connectivity index (χ2n) is 9.98. The van der Waals surface area contributed by atoms with Crippen molar-refractivity contribution in [2.45, 2.75) is 30.2 Å². The molecule has 0 spiro atoms. The number of alkyl halides is 6. The Bertz CT molecular complexity index is 1870. The number of benzene rings is 2. The molecule has 1 aliphatic heterocycles. The van der Waals surface area contributed by atoms with Crippen LogP contribution in [0.3, 0.4) is 0 Å². The highest BCUT2D eigenvalue weighted by Crippen LogP contribution is 2.29. The molecule has 5 rings (SSSR count). The first kappa shape index (κ1) is 33.3. The van der Waals surface area contributed by atoms with Crippen LogP contribution in [0.4, 0.5) is 32.2 Å². The largest absolute Gasteiger partial charge is 0.573 e. The number of piperazine rings is 1. The standard InChI is InChI=1S/C28H23F6N7O5S/c29-27(30,31)45-19-3-1-17(2-4-19)12-38-26(42)23-16-40(24-15-37-22-14-36-13-18(11-35)25(22)39-24)9-10-41(23)47(43,44)21-7-5-20(6-8-21)46-28(32,33)34/h1-8,11,13-15,23,35H,9-10,12,16H2,(H,38,42)/t23-/m1/s1. The zero-order valence-corrected chi connectivity index (χ0v) is 24.6. The number of fused-ring (bicyclic) bond motifs is 1. The van der Waals surface area contributed by atoms with Gasteiger partial charge in [0.05, 0.1) is 17.3 Å². The number of hydrogen-bond acceptors (Lipinski definition) is 10. The fourth-order valence-corrected chi connectivity index (χ4v) is 6.31. The zero-order chi connectivity index (χ0) is 34.0. The Balaban J connectivity index is 1.41. The lowest BCUT2D eigenvalue weighted by Gasteiger charge is -2.40. The summed E-state index contributed by atoms with van der Waals surface area (Å²) in [6, 6.07) is 6.78. The molecule has 47 heavy (non-hydrogen) atoms. The summed E-state index contributed by atoms with van der Waals surface area (Å²) in [6.45, 7) is -0.642. The van der Waals surface area contributed by atoms with Crippen molar-refractivity contribution in [3.8, 4) is 11.5 Å². The van der Waals surface area contributed by atoms with E-state index in [1.165, 1.54) is 30.7 Å². The third-order valence-electron chi connectivity index (χ3n) is 6.87. The second kappa shape index (κ2) is 13.0. The topological polar surface area (TPSA) is 151 Å². The van der Waals surface area contributed by atoms with Crippen LogP contribution in [0.25, 0.3) is 11.0 Å². The first-order chi connectivity index (χ1) is 22.1. The number of pyridine rings is 1. The number of sulfonamides is 1. The number of anilines is 1. The van der Waals surface area contributed by atoms with Crippen molar-refractivity contribution >= 4 is 39.0 Å². The van der Waals surface area contributed by atoms with Gasteiger partial charge in [0.2, 0.25) is 15.9 Å². The lowest BCUT2D eigenvalue weighted by atomic mass is 10.1. The van der Waals surface area contributed by atoms with Crippen molar-refractivity contribution in [3.63, 3.8) is 0 Å². The minimum absolute atomic E-state index is 0.0319. The van der Waals surface area contributed by atoms with Crippen LogP contribution >= 0.6 is 0 Å². The van der Waals surface area contributed by atoms with Crippen LogP contribution in [0.1, 0.15) is 11.1 Å². The lowest BCUT2D eigenvalue weighted by molar-refractivity contribution is -0.275. The maximum Gasteiger partial charge on any atom is 0.573 e. The van der Waals surface area contributed by atoms with Crippen molar-refractivity contribution < 1.29 is 49.0 Å². The molecule has 3 heterocycles. The maximum absolute atomic E-state index is 13.7. The van der Waals surface area contributed by atoms with E-state index in [1.807, 2.05) is 0 Å². The first-order valence-corrected chi connectivity index (χ1v) is 14.9. The van der Waals surface area contributed by atoms with Crippen molar-refractivity contribution in [2.75, 3.05) is 24.5 Å². The third-order valence-corrected chi connectivity index (χ3v) is 8.80. The average molecular weight is 684 g/mol. The van der Waals surface area contributed by atoms with E-state index >= 15 is 0 Å². The Hall–Kier alpha value is -5.04. The molecule has 1 atom stereocenters. The van der Waals surface area contributed by atoms with Crippen molar-refractivity contribution in [1.29, 1.82) is 5.41 Å². The van der Waals surface area contributed by atoms with E-state index in [0.29, 0.717) is 22.2 Å². The molecule has 0 unspecified atom stereocenters. The number of nitrogens with one attached hydrogen (secondary N) is 2. The monoisotopic (exact) mass is 683 g/mol. The summed E-state index contributed by atoms with van der Waals surface area (Å²) in [7, 11) is -4.46. The first-order valence-electron chi connectivity index (χ1n) is 13.5. The van der Waals surface area contributed by atoms with Gasteiger partial charge in [0.25, 0.3) is 0 Å². The van der Waals surface area contributed by atoms with E-state index in [1.54, 1.807) is 4.90 Å². The molecule has 0 bridgehead atoms. The third kappa shape index (κ3) is 8.04. The van der Waals surface area contributed by atoms with Gasteiger partial charge in [0.15, 0.2) is 0 Å². The molecule has 248 valence electrons. The highest BCUT2D eigenvalue weighted by Gasteiger charge is 2.41. The van der Waals surface area contributed by atoms with Gasteiger partial charge < -0.3 is 25.1 Å². The predicted octanol–water partition coefficient (Wildman–Crippen LogP) is 4.02. The number of hydrogen-bond donors (Lipinski definition) is 2. The fourth-order valence-electron chi connectivity index (χ4n) is 4.74. The van der Waals surface area contributed by atoms with Gasteiger partial charge >= 0.3 is 12.7 Å². The number of carbonyl (C=O) groups excluding carboxylic acids is 1. The number of nitrogens with zero attached hydrogens (tertiary/aromatic N) is 5. The minimum Gasteiger partial charge on any atom is -0.406 e. The maximum atomic E-state index is 13.7. The molecular weight excluding hydrogens is 660 g/mol. The summed E-state index contributed by atoms with van der Waals surface area (Å²) < 4.78 is 111. The molecular formula is C28H23F6N7O5S. The summed E-state index contributed by atoms with van der Waals surface area (Å²) in [6.07, 6.45) is -4.57. The van der Waals surface area contributed by atoms with Gasteiger partial charge in [-0.3, -0.25) is 9.78 Å². The molecule has 4 aromatic rings. The Morgan fingerprint density at radius 1 is 0.936 bits per heavy atom. The molecule has 2 N–H and O–H groups in total. The SMILES string of the molecule is N=Cc1cncc2ncc(N3CCN(S(=O)(=O)c4ccc(OC(F)(F)F)cc4)[C@@H](C(=O)NCc4ccc(OC(F)(F)F)cc4)C3)nc12. The van der Waals surface area contributed by atoms with Gasteiger partial charge in [-0.2, -0.15) is 4.31 Å². The molecule has 0 aliphatic carbocycles. The van der Waals surface area contributed by atoms with E-state index in [-0.39, 0.29) is 32.0 Å². The number of ether oxygens (including phenoxy) is 2. The van der Waals surface area contributed by atoms with Crippen LogP contribution in [0.5, 0.6) is 11.5 Å². The predicted molar refractivity (Wildman–Crippen MR) is 153 cm³/mol. The van der Waals surface area contributed by atoms with Crippen LogP contribution in [-0.2, 0) is 21.4 Å². The smallest absolute Gasteiger partial charge is 0.406 e. The molecule has 1 saturated heterocycles. The number of halogens is 6. The molecule has 2 aromatic heterocycles. The molecule has 2 aromatic carbocycles. The van der Waals surface area contributed by atoms with Crippen molar-refractivity contribution in [3.05, 3.63) is 78.2 Å². The number of carbonyl (C=O) groups is 1. The number of amides is 1. The molecule has 0 saturated carbocycles. The van der Waals surface area contributed by atoms with Crippen LogP contribution in [-0.4, -0.2) is 78.2 Å². The van der Waals surface area contributed by atoms with Gasteiger partial charge in [-0.1, -0.05) is 12.1 Å². The fraction of sp³-hybridized carbons (Fsp3) is 0.250. The summed E-state index contributed by atoms with van der Waals surface area (Å²) in [5, 5.41) is 10.2. The average Bonchev–Trinajstić information content (AvgIpc) is 3.02. The summed E-state index contributed by atoms with van der Waals surface area (Å²) in [5.41, 5.74) is 1.50. The Labute approximate surface area is 262 Å². The zero-order valence-electron chi connectivity index (χ0n) is 23.8. The lowest BCUT2D eigenvalue weighted by Crippen LogP contribution is -2.60. The highest BCUT2D eigenvalue weighted by atomic mass is 32.2. The molecule has 19 heteroatoms. The van der Waals surface area contributed by atoms with Crippen LogP contribution in [0.2, 0.25) is 0 Å². The normalized spacial score (nSPS) is 16.1. The highest BCUT2D eigenvalue weighted by molar-refractivity contribution is 7.89. The van der Waals surface area contributed by atoms with Crippen LogP contribution in [0, 0.1) is 5.41 Å². The van der Waals surface area contributed by atoms with Gasteiger partial charge in [0, 0.05) is 44.2 Å². The van der Waals surface area contributed by atoms with Crippen molar-refractivity contribution in [1.82, 2.24) is 24.6 Å². The Kier molecular flexibility index (Phi) is 9.21. The van der Waals surface area contributed by atoms with Crippen LogP contribution < -0.4 is 19.7 Å². The molecule has 1 aliphatic rings. The van der Waals surface area contributed by atoms with E-state index in [2.05, 4.69) is 29.7 Å². The van der Waals surface area contributed by atoms with E-state index in [0.717, 1.165) is 46.9 Å². The van der Waals surface area contributed by atoms with E-state index < -0.39 is 51.1 Å². The molecule has 1 fully saturated rings. The van der Waals surface area contributed by atoms with Crippen LogP contribution in [0.15, 0.2) is 72.0 Å². The van der Waals surface area contributed by atoms with Gasteiger partial charge in [0.1, 0.15) is 34.4 Å². The van der Waals surface area contributed by atoms with E-state index in [4.69, 9.17) is 5.41 Å². The van der Waals surface area contributed by atoms with E-state index in [9.17, 15) is 39.6 Å². The number of aromatic nitrogens is 3. The summed E-state index contributed by atoms with van der Waals surface area (Å²) in [4.78, 5) is 27.7. The molecule has 1 amide bonds. The Morgan fingerprint density at radius 2 is 1.55 bits per heavy atom. The Morgan fingerprint density at radius 3 is 2.15 bits per heavy atom. The molecule has 0 radical (unpaired) electrons. The minimum atomic E-state index is -4.99. The second-order valence-corrected chi connectivity index (χ2v) is 11.9. The molecule has 12 nitrogen and oxygen atoms in total. The quantitative estimate of drug-likeness (QED) is 0.197. The summed E-state index contributed by atoms with van der Waals surface area (Å²) >= 11 is 0. The number of rotatable bonds is 9. The van der Waals surface area contributed by atoms with Gasteiger partial charge in [-0.05, 0) is 42.0 Å². The van der Waals surface area contributed by atoms with Gasteiger partial charge in [-0.25, -0.2) is 18.4 Å².